The molecule has 4 nitrogen and oxygen atoms in total. The molecule has 0 aliphatic rings. The predicted molar refractivity (Wildman–Crippen MR) is 72.6 cm³/mol. The van der Waals surface area contributed by atoms with Gasteiger partial charge in [0, 0.05) is 30.7 Å². The molecule has 0 saturated heterocycles. The first kappa shape index (κ1) is 12.8. The van der Waals surface area contributed by atoms with E-state index in [0.717, 1.165) is 24.5 Å². The first-order chi connectivity index (χ1) is 8.66. The standard InChI is InChI=1S/C14H20N4/c1-11(2)8-16-10-13-9-15-6-4-14(13)18-7-5-12(3)17-18/h4-7,9,11,16H,8,10H2,1-3H3. The third-order valence-electron chi connectivity index (χ3n) is 2.72. The summed E-state index contributed by atoms with van der Waals surface area (Å²) in [6, 6.07) is 4.00. The molecule has 0 bridgehead atoms. The van der Waals surface area contributed by atoms with Crippen molar-refractivity contribution in [3.8, 4) is 5.69 Å². The third-order valence-corrected chi connectivity index (χ3v) is 2.72. The van der Waals surface area contributed by atoms with Gasteiger partial charge in [-0.25, -0.2) is 4.68 Å². The summed E-state index contributed by atoms with van der Waals surface area (Å²) >= 11 is 0. The van der Waals surface area contributed by atoms with Crippen LogP contribution in [0.25, 0.3) is 5.69 Å². The number of hydrogen-bond donors (Lipinski definition) is 1. The smallest absolute Gasteiger partial charge is 0.0721 e. The maximum absolute atomic E-state index is 4.45. The lowest BCUT2D eigenvalue weighted by molar-refractivity contribution is 0.550. The van der Waals surface area contributed by atoms with Gasteiger partial charge in [0.1, 0.15) is 0 Å². The molecule has 0 atom stereocenters. The molecule has 2 rings (SSSR count). The highest BCUT2D eigenvalue weighted by atomic mass is 15.3. The first-order valence-electron chi connectivity index (χ1n) is 6.33. The highest BCUT2D eigenvalue weighted by molar-refractivity contribution is 5.38. The molecule has 1 N–H and O–H groups in total. The van der Waals surface area contributed by atoms with Crippen molar-refractivity contribution in [2.24, 2.45) is 5.92 Å². The second-order valence-electron chi connectivity index (χ2n) is 4.93. The molecule has 0 saturated carbocycles. The zero-order chi connectivity index (χ0) is 13.0. The molecule has 0 aromatic carbocycles. The van der Waals surface area contributed by atoms with Crippen LogP contribution in [-0.4, -0.2) is 21.3 Å². The van der Waals surface area contributed by atoms with E-state index >= 15 is 0 Å². The van der Waals surface area contributed by atoms with Gasteiger partial charge in [-0.05, 0) is 31.5 Å². The van der Waals surface area contributed by atoms with Crippen LogP contribution in [0.15, 0.2) is 30.7 Å². The minimum absolute atomic E-state index is 0.650. The summed E-state index contributed by atoms with van der Waals surface area (Å²) in [5.41, 5.74) is 3.28. The van der Waals surface area contributed by atoms with Crippen molar-refractivity contribution in [1.82, 2.24) is 20.1 Å². The number of rotatable bonds is 5. The molecule has 0 radical (unpaired) electrons. The van der Waals surface area contributed by atoms with E-state index in [1.165, 1.54) is 5.56 Å². The Morgan fingerprint density at radius 1 is 1.33 bits per heavy atom. The van der Waals surface area contributed by atoms with E-state index in [1.54, 1.807) is 6.20 Å². The Morgan fingerprint density at radius 3 is 2.83 bits per heavy atom. The molecule has 0 aliphatic heterocycles. The van der Waals surface area contributed by atoms with Gasteiger partial charge in [-0.3, -0.25) is 4.98 Å². The van der Waals surface area contributed by atoms with E-state index in [0.29, 0.717) is 5.92 Å². The van der Waals surface area contributed by atoms with Crippen LogP contribution in [0.3, 0.4) is 0 Å². The summed E-state index contributed by atoms with van der Waals surface area (Å²) in [5, 5.41) is 7.88. The van der Waals surface area contributed by atoms with Gasteiger partial charge < -0.3 is 5.32 Å². The number of nitrogens with zero attached hydrogens (tertiary/aromatic N) is 3. The van der Waals surface area contributed by atoms with Gasteiger partial charge in [0.2, 0.25) is 0 Å². The van der Waals surface area contributed by atoms with Crippen LogP contribution in [0.1, 0.15) is 25.1 Å². The highest BCUT2D eigenvalue weighted by Crippen LogP contribution is 2.12. The number of aryl methyl sites for hydroxylation is 1. The molecule has 18 heavy (non-hydrogen) atoms. The van der Waals surface area contributed by atoms with E-state index in [2.05, 4.69) is 29.2 Å². The largest absolute Gasteiger partial charge is 0.312 e. The lowest BCUT2D eigenvalue weighted by atomic mass is 10.2. The Hall–Kier alpha value is -1.68. The Labute approximate surface area is 108 Å². The predicted octanol–water partition coefficient (Wildman–Crippen LogP) is 2.32. The summed E-state index contributed by atoms with van der Waals surface area (Å²) in [6.07, 6.45) is 5.69. The van der Waals surface area contributed by atoms with E-state index in [9.17, 15) is 0 Å². The van der Waals surface area contributed by atoms with Gasteiger partial charge in [0.25, 0.3) is 0 Å². The molecule has 0 spiro atoms. The summed E-state index contributed by atoms with van der Waals surface area (Å²) < 4.78 is 1.91. The Bertz CT molecular complexity index is 502. The van der Waals surface area contributed by atoms with Crippen LogP contribution in [0.2, 0.25) is 0 Å². The van der Waals surface area contributed by atoms with Gasteiger partial charge in [-0.15, -0.1) is 0 Å². The number of pyridine rings is 1. The Balaban J connectivity index is 2.15. The van der Waals surface area contributed by atoms with Crippen LogP contribution < -0.4 is 5.32 Å². The Morgan fingerprint density at radius 2 is 2.17 bits per heavy atom. The van der Waals surface area contributed by atoms with Crippen molar-refractivity contribution in [3.05, 3.63) is 42.0 Å². The maximum Gasteiger partial charge on any atom is 0.0721 e. The average Bonchev–Trinajstić information content (AvgIpc) is 2.76. The number of hydrogen-bond acceptors (Lipinski definition) is 3. The molecule has 0 fully saturated rings. The number of nitrogens with one attached hydrogen (secondary N) is 1. The quantitative estimate of drug-likeness (QED) is 0.877. The minimum Gasteiger partial charge on any atom is -0.312 e. The zero-order valence-corrected chi connectivity index (χ0v) is 11.2. The average molecular weight is 244 g/mol. The van der Waals surface area contributed by atoms with Crippen molar-refractivity contribution < 1.29 is 0 Å². The van der Waals surface area contributed by atoms with Gasteiger partial charge in [-0.2, -0.15) is 5.10 Å². The van der Waals surface area contributed by atoms with Gasteiger partial charge >= 0.3 is 0 Å². The van der Waals surface area contributed by atoms with Gasteiger partial charge in [-0.1, -0.05) is 13.8 Å². The Kier molecular flexibility index (Phi) is 4.10. The fourth-order valence-corrected chi connectivity index (χ4v) is 1.82. The molecule has 96 valence electrons. The minimum atomic E-state index is 0.650. The fraction of sp³-hybridized carbons (Fsp3) is 0.429. The van der Waals surface area contributed by atoms with Crippen molar-refractivity contribution in [2.45, 2.75) is 27.3 Å². The summed E-state index contributed by atoms with van der Waals surface area (Å²) in [4.78, 5) is 4.19. The zero-order valence-electron chi connectivity index (χ0n) is 11.2. The molecule has 0 unspecified atom stereocenters. The lowest BCUT2D eigenvalue weighted by Crippen LogP contribution is -2.20. The third kappa shape index (κ3) is 3.17. The fourth-order valence-electron chi connectivity index (χ4n) is 1.82. The van der Waals surface area contributed by atoms with Crippen LogP contribution in [0.5, 0.6) is 0 Å². The molecule has 2 aromatic rings. The number of aromatic nitrogens is 3. The second kappa shape index (κ2) is 5.78. The summed E-state index contributed by atoms with van der Waals surface area (Å²) in [6.45, 7) is 8.23. The summed E-state index contributed by atoms with van der Waals surface area (Å²) in [5.74, 6) is 0.650. The molecule has 2 aromatic heterocycles. The molecule has 4 heteroatoms. The lowest BCUT2D eigenvalue weighted by Gasteiger charge is -2.11. The van der Waals surface area contributed by atoms with E-state index < -0.39 is 0 Å². The van der Waals surface area contributed by atoms with Crippen molar-refractivity contribution in [2.75, 3.05) is 6.54 Å². The molecule has 0 aliphatic carbocycles. The topological polar surface area (TPSA) is 42.7 Å². The molecular formula is C14H20N4. The molecule has 0 amide bonds. The highest BCUT2D eigenvalue weighted by Gasteiger charge is 2.05. The van der Waals surface area contributed by atoms with Crippen LogP contribution in [-0.2, 0) is 6.54 Å². The van der Waals surface area contributed by atoms with Gasteiger partial charge in [0.05, 0.1) is 11.4 Å². The maximum atomic E-state index is 4.45. The van der Waals surface area contributed by atoms with E-state index in [1.807, 2.05) is 36.1 Å². The molecular weight excluding hydrogens is 224 g/mol. The second-order valence-corrected chi connectivity index (χ2v) is 4.93. The monoisotopic (exact) mass is 244 g/mol. The normalized spacial score (nSPS) is 11.1. The first-order valence-corrected chi connectivity index (χ1v) is 6.33. The SMILES string of the molecule is Cc1ccn(-c2ccncc2CNCC(C)C)n1. The van der Waals surface area contributed by atoms with Crippen molar-refractivity contribution in [1.29, 1.82) is 0 Å². The van der Waals surface area contributed by atoms with Crippen LogP contribution in [0.4, 0.5) is 0 Å². The van der Waals surface area contributed by atoms with Crippen LogP contribution >= 0.6 is 0 Å². The van der Waals surface area contributed by atoms with E-state index in [-0.39, 0.29) is 0 Å². The van der Waals surface area contributed by atoms with Crippen molar-refractivity contribution >= 4 is 0 Å². The van der Waals surface area contributed by atoms with E-state index in [4.69, 9.17) is 0 Å². The van der Waals surface area contributed by atoms with Crippen LogP contribution in [0, 0.1) is 12.8 Å². The molecule has 2 heterocycles. The van der Waals surface area contributed by atoms with Gasteiger partial charge in [0.15, 0.2) is 0 Å². The summed E-state index contributed by atoms with van der Waals surface area (Å²) in [7, 11) is 0. The van der Waals surface area contributed by atoms with Crippen molar-refractivity contribution in [3.63, 3.8) is 0 Å².